The van der Waals surface area contributed by atoms with Gasteiger partial charge in [-0.2, -0.15) is 0 Å². The largest absolute Gasteiger partial charge is 0.486 e. The summed E-state index contributed by atoms with van der Waals surface area (Å²) >= 11 is 6.31. The third-order valence-electron chi connectivity index (χ3n) is 4.01. The van der Waals surface area contributed by atoms with Crippen molar-refractivity contribution in [1.82, 2.24) is 0 Å². The van der Waals surface area contributed by atoms with Crippen LogP contribution >= 0.6 is 11.6 Å². The molecule has 2 aliphatic rings. The first-order valence-electron chi connectivity index (χ1n) is 7.08. The van der Waals surface area contributed by atoms with Gasteiger partial charge in [-0.3, -0.25) is 0 Å². The fraction of sp³-hybridized carbons (Fsp3) is 0.600. The molecule has 0 bridgehead atoms. The molecule has 1 aliphatic heterocycles. The fourth-order valence-corrected chi connectivity index (χ4v) is 3.01. The van der Waals surface area contributed by atoms with Crippen LogP contribution in [0.1, 0.15) is 32.6 Å². The van der Waals surface area contributed by atoms with Gasteiger partial charge in [0, 0.05) is 18.2 Å². The fourth-order valence-electron chi connectivity index (χ4n) is 2.80. The summed E-state index contributed by atoms with van der Waals surface area (Å²) in [6, 6.07) is 4.34. The minimum atomic E-state index is 0.524. The van der Waals surface area contributed by atoms with Crippen molar-refractivity contribution in [3.05, 3.63) is 17.2 Å². The van der Waals surface area contributed by atoms with Crippen LogP contribution in [0.5, 0.6) is 11.5 Å². The first kappa shape index (κ1) is 12.9. The van der Waals surface area contributed by atoms with Gasteiger partial charge in [0.2, 0.25) is 0 Å². The van der Waals surface area contributed by atoms with Crippen molar-refractivity contribution >= 4 is 17.3 Å². The van der Waals surface area contributed by atoms with E-state index in [9.17, 15) is 0 Å². The zero-order chi connectivity index (χ0) is 13.2. The summed E-state index contributed by atoms with van der Waals surface area (Å²) in [5.41, 5.74) is 0.963. The Morgan fingerprint density at radius 1 is 1.05 bits per heavy atom. The van der Waals surface area contributed by atoms with Crippen LogP contribution in [0.15, 0.2) is 12.1 Å². The quantitative estimate of drug-likeness (QED) is 0.885. The van der Waals surface area contributed by atoms with E-state index in [1.807, 2.05) is 12.1 Å². The predicted molar refractivity (Wildman–Crippen MR) is 77.5 cm³/mol. The minimum Gasteiger partial charge on any atom is -0.486 e. The number of anilines is 1. The summed E-state index contributed by atoms with van der Waals surface area (Å²) in [7, 11) is 0. The van der Waals surface area contributed by atoms with E-state index in [4.69, 9.17) is 21.1 Å². The Morgan fingerprint density at radius 2 is 1.68 bits per heavy atom. The van der Waals surface area contributed by atoms with Gasteiger partial charge in [0.05, 0.1) is 10.7 Å². The first-order chi connectivity index (χ1) is 9.22. The zero-order valence-electron chi connectivity index (χ0n) is 11.2. The van der Waals surface area contributed by atoms with Gasteiger partial charge in [-0.05, 0) is 31.6 Å². The van der Waals surface area contributed by atoms with Gasteiger partial charge in [0.15, 0.2) is 11.5 Å². The maximum absolute atomic E-state index is 6.31. The van der Waals surface area contributed by atoms with E-state index >= 15 is 0 Å². The van der Waals surface area contributed by atoms with Gasteiger partial charge >= 0.3 is 0 Å². The van der Waals surface area contributed by atoms with E-state index in [1.165, 1.54) is 25.7 Å². The Morgan fingerprint density at radius 3 is 2.37 bits per heavy atom. The van der Waals surface area contributed by atoms with Crippen molar-refractivity contribution < 1.29 is 9.47 Å². The minimum absolute atomic E-state index is 0.524. The molecule has 0 aromatic heterocycles. The molecule has 1 aliphatic carbocycles. The highest BCUT2D eigenvalue weighted by Crippen LogP contribution is 2.39. The van der Waals surface area contributed by atoms with E-state index in [0.29, 0.717) is 24.3 Å². The maximum atomic E-state index is 6.31. The van der Waals surface area contributed by atoms with Gasteiger partial charge in [0.1, 0.15) is 13.2 Å². The van der Waals surface area contributed by atoms with Crippen molar-refractivity contribution in [2.45, 2.75) is 38.6 Å². The van der Waals surface area contributed by atoms with Crippen LogP contribution in [0.25, 0.3) is 0 Å². The van der Waals surface area contributed by atoms with E-state index in [0.717, 1.165) is 23.1 Å². The van der Waals surface area contributed by atoms with Gasteiger partial charge < -0.3 is 14.8 Å². The van der Waals surface area contributed by atoms with Gasteiger partial charge in [-0.1, -0.05) is 18.5 Å². The number of nitrogens with one attached hydrogen (secondary N) is 1. The smallest absolute Gasteiger partial charge is 0.163 e. The van der Waals surface area contributed by atoms with Crippen molar-refractivity contribution in [2.75, 3.05) is 18.5 Å². The summed E-state index contributed by atoms with van der Waals surface area (Å²) in [5, 5.41) is 4.26. The highest BCUT2D eigenvalue weighted by molar-refractivity contribution is 6.33. The molecular weight excluding hydrogens is 262 g/mol. The molecule has 0 unspecified atom stereocenters. The topological polar surface area (TPSA) is 30.5 Å². The molecule has 4 heteroatoms. The maximum Gasteiger partial charge on any atom is 0.163 e. The average Bonchev–Trinajstić information content (AvgIpc) is 2.42. The van der Waals surface area contributed by atoms with E-state index < -0.39 is 0 Å². The number of benzene rings is 1. The molecular formula is C15H20ClNO2. The van der Waals surface area contributed by atoms with Crippen LogP contribution in [-0.2, 0) is 0 Å². The third-order valence-corrected chi connectivity index (χ3v) is 4.32. The number of halogens is 1. The lowest BCUT2D eigenvalue weighted by Crippen LogP contribution is -2.25. The molecule has 0 atom stereocenters. The Balaban J connectivity index is 1.73. The molecule has 1 aromatic carbocycles. The lowest BCUT2D eigenvalue weighted by Gasteiger charge is -2.28. The monoisotopic (exact) mass is 281 g/mol. The molecule has 19 heavy (non-hydrogen) atoms. The average molecular weight is 282 g/mol. The van der Waals surface area contributed by atoms with Gasteiger partial charge in [0.25, 0.3) is 0 Å². The molecule has 0 amide bonds. The number of rotatable bonds is 2. The summed E-state index contributed by atoms with van der Waals surface area (Å²) in [6.07, 6.45) is 5.01. The van der Waals surface area contributed by atoms with Gasteiger partial charge in [-0.25, -0.2) is 0 Å². The number of fused-ring (bicyclic) bond motifs is 1. The molecule has 0 spiro atoms. The lowest BCUT2D eigenvalue weighted by atomic mass is 9.87. The molecule has 104 valence electrons. The van der Waals surface area contributed by atoms with Crippen molar-refractivity contribution in [3.8, 4) is 11.5 Å². The van der Waals surface area contributed by atoms with Crippen LogP contribution in [0.4, 0.5) is 5.69 Å². The molecule has 1 saturated carbocycles. The highest BCUT2D eigenvalue weighted by Gasteiger charge is 2.20. The summed E-state index contributed by atoms with van der Waals surface area (Å²) in [4.78, 5) is 0. The van der Waals surface area contributed by atoms with E-state index in [1.54, 1.807) is 0 Å². The molecule has 3 rings (SSSR count). The molecule has 0 saturated heterocycles. The Labute approximate surface area is 119 Å². The molecule has 1 aromatic rings. The highest BCUT2D eigenvalue weighted by atomic mass is 35.5. The second-order valence-corrected chi connectivity index (χ2v) is 5.98. The van der Waals surface area contributed by atoms with Crippen LogP contribution in [0.3, 0.4) is 0 Å². The molecule has 3 nitrogen and oxygen atoms in total. The van der Waals surface area contributed by atoms with Crippen molar-refractivity contribution in [1.29, 1.82) is 0 Å². The predicted octanol–water partition coefficient (Wildman–Crippen LogP) is 4.10. The zero-order valence-corrected chi connectivity index (χ0v) is 12.0. The van der Waals surface area contributed by atoms with Crippen molar-refractivity contribution in [2.24, 2.45) is 5.92 Å². The van der Waals surface area contributed by atoms with E-state index in [2.05, 4.69) is 12.2 Å². The standard InChI is InChI=1S/C15H20ClNO2/c1-10-2-4-11(5-3-10)17-13-9-15-14(8-12(13)16)18-6-7-19-15/h8-11,17H,2-7H2,1H3. The SMILES string of the molecule is CC1CCC(Nc2cc3c(cc2Cl)OCCO3)CC1. The second-order valence-electron chi connectivity index (χ2n) is 5.58. The Bertz CT molecular complexity index is 456. The summed E-state index contributed by atoms with van der Waals surface area (Å²) in [5.74, 6) is 2.40. The molecule has 1 N–H and O–H groups in total. The Kier molecular flexibility index (Phi) is 3.74. The number of hydrogen-bond acceptors (Lipinski definition) is 3. The van der Waals surface area contributed by atoms with Crippen LogP contribution in [0.2, 0.25) is 5.02 Å². The van der Waals surface area contributed by atoms with Crippen LogP contribution in [-0.4, -0.2) is 19.3 Å². The second kappa shape index (κ2) is 5.49. The first-order valence-corrected chi connectivity index (χ1v) is 7.46. The number of hydrogen-bond donors (Lipinski definition) is 1. The summed E-state index contributed by atoms with van der Waals surface area (Å²) < 4.78 is 11.1. The molecule has 1 heterocycles. The Hall–Kier alpha value is -1.09. The third kappa shape index (κ3) is 2.92. The van der Waals surface area contributed by atoms with Gasteiger partial charge in [-0.15, -0.1) is 0 Å². The lowest BCUT2D eigenvalue weighted by molar-refractivity contribution is 0.171. The van der Waals surface area contributed by atoms with E-state index in [-0.39, 0.29) is 0 Å². The number of ether oxygens (including phenoxy) is 2. The van der Waals surface area contributed by atoms with Crippen LogP contribution < -0.4 is 14.8 Å². The van der Waals surface area contributed by atoms with Crippen LogP contribution in [0, 0.1) is 5.92 Å². The molecule has 1 fully saturated rings. The summed E-state index contributed by atoms with van der Waals surface area (Å²) in [6.45, 7) is 3.53. The van der Waals surface area contributed by atoms with Crippen molar-refractivity contribution in [3.63, 3.8) is 0 Å². The normalized spacial score (nSPS) is 26.0. The molecule has 0 radical (unpaired) electrons.